The molecule has 0 aromatic heterocycles. The van der Waals surface area contributed by atoms with Gasteiger partial charge in [-0.3, -0.25) is 9.59 Å². The molecule has 96 valence electrons. The van der Waals surface area contributed by atoms with Crippen molar-refractivity contribution in [2.45, 2.75) is 19.8 Å². The van der Waals surface area contributed by atoms with Crippen molar-refractivity contribution in [1.82, 2.24) is 0 Å². The lowest BCUT2D eigenvalue weighted by atomic mass is 10.0. The van der Waals surface area contributed by atoms with Crippen LogP contribution in [0.15, 0.2) is 12.1 Å². The molecule has 5 heteroatoms. The molecule has 0 aliphatic carbocycles. The van der Waals surface area contributed by atoms with Crippen LogP contribution in [0, 0.1) is 0 Å². The zero-order valence-corrected chi connectivity index (χ0v) is 10.2. The Morgan fingerprint density at radius 1 is 1.33 bits per heavy atom. The second kappa shape index (κ2) is 5.53. The number of ether oxygens (including phenoxy) is 2. The number of benzene rings is 1. The molecular weight excluding hydrogens is 234 g/mol. The molecule has 1 aliphatic rings. The number of fused-ring (bicyclic) bond motifs is 1. The molecule has 0 saturated carbocycles. The standard InChI is InChI=1S/C13H15NO4/c1-2-3-11(16)9-6-12-13(18-5-4-17-12)7-10(9)14-8-15/h6-8H,2-5H2,1H3,(H,14,15). The maximum absolute atomic E-state index is 12.0. The molecule has 1 aliphatic heterocycles. The predicted octanol–water partition coefficient (Wildman–Crippen LogP) is 2.01. The highest BCUT2D eigenvalue weighted by Crippen LogP contribution is 2.36. The number of nitrogens with one attached hydrogen (secondary N) is 1. The summed E-state index contributed by atoms with van der Waals surface area (Å²) in [6, 6.07) is 3.27. The van der Waals surface area contributed by atoms with Gasteiger partial charge in [0.25, 0.3) is 0 Å². The van der Waals surface area contributed by atoms with Crippen LogP contribution in [-0.2, 0) is 4.79 Å². The summed E-state index contributed by atoms with van der Waals surface area (Å²) in [5.41, 5.74) is 0.931. The van der Waals surface area contributed by atoms with Crippen molar-refractivity contribution in [3.63, 3.8) is 0 Å². The molecule has 5 nitrogen and oxygen atoms in total. The minimum absolute atomic E-state index is 0.0150. The molecule has 0 bridgehead atoms. The van der Waals surface area contributed by atoms with Crippen LogP contribution < -0.4 is 14.8 Å². The molecule has 0 unspecified atom stereocenters. The van der Waals surface area contributed by atoms with Crippen molar-refractivity contribution in [3.05, 3.63) is 17.7 Å². The van der Waals surface area contributed by atoms with E-state index < -0.39 is 0 Å². The van der Waals surface area contributed by atoms with Crippen LogP contribution in [0.25, 0.3) is 0 Å². The lowest BCUT2D eigenvalue weighted by molar-refractivity contribution is -0.105. The summed E-state index contributed by atoms with van der Waals surface area (Å²) in [6.45, 7) is 2.87. The second-order valence-corrected chi connectivity index (χ2v) is 3.98. The molecule has 2 rings (SSSR count). The Kier molecular flexibility index (Phi) is 3.82. The van der Waals surface area contributed by atoms with E-state index >= 15 is 0 Å². The van der Waals surface area contributed by atoms with E-state index in [9.17, 15) is 9.59 Å². The van der Waals surface area contributed by atoms with Crippen LogP contribution in [0.1, 0.15) is 30.1 Å². The van der Waals surface area contributed by atoms with Crippen molar-refractivity contribution >= 4 is 17.9 Å². The number of hydrogen-bond acceptors (Lipinski definition) is 4. The maximum atomic E-state index is 12.0. The van der Waals surface area contributed by atoms with Gasteiger partial charge in [0, 0.05) is 18.1 Å². The molecule has 0 fully saturated rings. The van der Waals surface area contributed by atoms with E-state index in [1.54, 1.807) is 12.1 Å². The van der Waals surface area contributed by atoms with Gasteiger partial charge in [-0.05, 0) is 12.5 Å². The molecule has 18 heavy (non-hydrogen) atoms. The Bertz CT molecular complexity index is 470. The topological polar surface area (TPSA) is 64.6 Å². The third kappa shape index (κ3) is 2.45. The Morgan fingerprint density at radius 2 is 2.00 bits per heavy atom. The van der Waals surface area contributed by atoms with Gasteiger partial charge in [0.05, 0.1) is 5.69 Å². The molecule has 1 N–H and O–H groups in total. The molecule has 0 radical (unpaired) electrons. The molecule has 0 saturated heterocycles. The fourth-order valence-corrected chi connectivity index (χ4v) is 1.86. The molecule has 0 spiro atoms. The van der Waals surface area contributed by atoms with Gasteiger partial charge in [0.1, 0.15) is 13.2 Å². The molecular formula is C13H15NO4. The average molecular weight is 249 g/mol. The average Bonchev–Trinajstić information content (AvgIpc) is 2.38. The van der Waals surface area contributed by atoms with Gasteiger partial charge in [0.15, 0.2) is 17.3 Å². The number of ketones is 1. The third-order valence-corrected chi connectivity index (χ3v) is 2.67. The van der Waals surface area contributed by atoms with E-state index in [1.807, 2.05) is 6.92 Å². The van der Waals surface area contributed by atoms with E-state index in [0.29, 0.717) is 48.8 Å². The molecule has 0 atom stereocenters. The number of carbonyl (C=O) groups is 2. The van der Waals surface area contributed by atoms with Gasteiger partial charge in [-0.2, -0.15) is 0 Å². The summed E-state index contributed by atoms with van der Waals surface area (Å²) in [5.74, 6) is 1.09. The quantitative estimate of drug-likeness (QED) is 0.640. The Balaban J connectivity index is 2.41. The van der Waals surface area contributed by atoms with Gasteiger partial charge in [-0.1, -0.05) is 6.92 Å². The largest absolute Gasteiger partial charge is 0.486 e. The van der Waals surface area contributed by atoms with Crippen LogP contribution in [0.3, 0.4) is 0 Å². The minimum atomic E-state index is -0.0150. The van der Waals surface area contributed by atoms with Crippen LogP contribution in [0.4, 0.5) is 5.69 Å². The number of Topliss-reactive ketones (excluding diaryl/α,β-unsaturated/α-hetero) is 1. The van der Waals surface area contributed by atoms with E-state index in [4.69, 9.17) is 9.47 Å². The molecule has 1 aromatic rings. The van der Waals surface area contributed by atoms with Crippen molar-refractivity contribution in [1.29, 1.82) is 0 Å². The van der Waals surface area contributed by atoms with Gasteiger partial charge >= 0.3 is 0 Å². The van der Waals surface area contributed by atoms with Crippen LogP contribution in [0.5, 0.6) is 11.5 Å². The lowest BCUT2D eigenvalue weighted by Gasteiger charge is -2.20. The van der Waals surface area contributed by atoms with Gasteiger partial charge in [-0.25, -0.2) is 0 Å². The number of carbonyl (C=O) groups excluding carboxylic acids is 2. The normalized spacial score (nSPS) is 12.9. The summed E-state index contributed by atoms with van der Waals surface area (Å²) in [4.78, 5) is 22.6. The number of rotatable bonds is 5. The Morgan fingerprint density at radius 3 is 2.61 bits per heavy atom. The number of anilines is 1. The first-order chi connectivity index (χ1) is 8.76. The van der Waals surface area contributed by atoms with E-state index in [0.717, 1.165) is 6.42 Å². The first kappa shape index (κ1) is 12.4. The van der Waals surface area contributed by atoms with Gasteiger partial charge in [0.2, 0.25) is 6.41 Å². The fourth-order valence-electron chi connectivity index (χ4n) is 1.86. The summed E-state index contributed by atoms with van der Waals surface area (Å²) >= 11 is 0. The second-order valence-electron chi connectivity index (χ2n) is 3.98. The highest BCUT2D eigenvalue weighted by atomic mass is 16.6. The van der Waals surface area contributed by atoms with Crippen LogP contribution in [0.2, 0.25) is 0 Å². The minimum Gasteiger partial charge on any atom is -0.486 e. The molecule has 1 aromatic carbocycles. The van der Waals surface area contributed by atoms with Crippen molar-refractivity contribution in [2.24, 2.45) is 0 Å². The van der Waals surface area contributed by atoms with Gasteiger partial charge in [-0.15, -0.1) is 0 Å². The van der Waals surface area contributed by atoms with Crippen LogP contribution in [-0.4, -0.2) is 25.4 Å². The van der Waals surface area contributed by atoms with Crippen LogP contribution >= 0.6 is 0 Å². The zero-order valence-electron chi connectivity index (χ0n) is 10.2. The highest BCUT2D eigenvalue weighted by Gasteiger charge is 2.19. The summed E-state index contributed by atoms with van der Waals surface area (Å²) < 4.78 is 10.8. The number of hydrogen-bond donors (Lipinski definition) is 1. The van der Waals surface area contributed by atoms with Crippen molar-refractivity contribution < 1.29 is 19.1 Å². The lowest BCUT2D eigenvalue weighted by Crippen LogP contribution is -2.17. The predicted molar refractivity (Wildman–Crippen MR) is 66.4 cm³/mol. The van der Waals surface area contributed by atoms with E-state index in [2.05, 4.69) is 5.32 Å². The van der Waals surface area contributed by atoms with E-state index in [-0.39, 0.29) is 5.78 Å². The maximum Gasteiger partial charge on any atom is 0.211 e. The fraction of sp³-hybridized carbons (Fsp3) is 0.385. The summed E-state index contributed by atoms with van der Waals surface area (Å²) in [7, 11) is 0. The Hall–Kier alpha value is -2.04. The zero-order chi connectivity index (χ0) is 13.0. The Labute approximate surface area is 105 Å². The smallest absolute Gasteiger partial charge is 0.211 e. The van der Waals surface area contributed by atoms with Crippen molar-refractivity contribution in [2.75, 3.05) is 18.5 Å². The van der Waals surface area contributed by atoms with E-state index in [1.165, 1.54) is 0 Å². The number of amides is 1. The van der Waals surface area contributed by atoms with Crippen molar-refractivity contribution in [3.8, 4) is 11.5 Å². The first-order valence-electron chi connectivity index (χ1n) is 5.93. The SMILES string of the molecule is CCCC(=O)c1cc2c(cc1NC=O)OCCO2. The highest BCUT2D eigenvalue weighted by molar-refractivity contribution is 6.03. The summed E-state index contributed by atoms with van der Waals surface area (Å²) in [6.07, 6.45) is 1.75. The molecule has 1 amide bonds. The monoisotopic (exact) mass is 249 g/mol. The summed E-state index contributed by atoms with van der Waals surface area (Å²) in [5, 5.41) is 2.53. The molecule has 1 heterocycles. The first-order valence-corrected chi connectivity index (χ1v) is 5.93. The van der Waals surface area contributed by atoms with Gasteiger partial charge < -0.3 is 14.8 Å². The third-order valence-electron chi connectivity index (χ3n) is 2.67.